The van der Waals surface area contributed by atoms with Gasteiger partial charge < -0.3 is 0 Å². The highest BCUT2D eigenvalue weighted by Crippen LogP contribution is 2.05. The summed E-state index contributed by atoms with van der Waals surface area (Å²) in [5.74, 6) is 0. The van der Waals surface area contributed by atoms with E-state index < -0.39 is 0 Å². The minimum absolute atomic E-state index is 1.22. The molecule has 0 bridgehead atoms. The topological polar surface area (TPSA) is 0 Å². The van der Waals surface area contributed by atoms with Crippen LogP contribution >= 0.6 is 0 Å². The van der Waals surface area contributed by atoms with Crippen molar-refractivity contribution in [1.82, 2.24) is 0 Å². The quantitative estimate of drug-likeness (QED) is 0.472. The molecule has 0 aliphatic heterocycles. The summed E-state index contributed by atoms with van der Waals surface area (Å²) in [6, 6.07) is 0. The fraction of sp³-hybridized carbons (Fsp3) is 0.800. The van der Waals surface area contributed by atoms with E-state index in [-0.39, 0.29) is 0 Å². The van der Waals surface area contributed by atoms with Crippen LogP contribution in [0.25, 0.3) is 0 Å². The van der Waals surface area contributed by atoms with Gasteiger partial charge in [-0.1, -0.05) is 39.5 Å². The zero-order valence-electron chi connectivity index (χ0n) is 7.40. The molecule has 0 heterocycles. The largest absolute Gasteiger partial charge is 0.0654 e. The molecule has 10 heavy (non-hydrogen) atoms. The minimum atomic E-state index is 1.22. The Kier molecular flexibility index (Phi) is 9.00. The second kappa shape index (κ2) is 9.00. The van der Waals surface area contributed by atoms with E-state index in [1.807, 2.05) is 0 Å². The molecule has 0 N–H and O–H groups in total. The second-order valence-electron chi connectivity index (χ2n) is 2.71. The average Bonchev–Trinajstić information content (AvgIpc) is 1.97. The van der Waals surface area contributed by atoms with Gasteiger partial charge >= 0.3 is 0 Å². The molecule has 0 aromatic carbocycles. The van der Waals surface area contributed by atoms with Crippen LogP contribution in [0.5, 0.6) is 0 Å². The Labute approximate surface area is 66.0 Å². The lowest BCUT2D eigenvalue weighted by Gasteiger charge is -1.97. The smallest absolute Gasteiger partial charge is 0.0386 e. The van der Waals surface area contributed by atoms with E-state index in [1.165, 1.54) is 38.5 Å². The van der Waals surface area contributed by atoms with Crippen molar-refractivity contribution in [3.05, 3.63) is 12.8 Å². The molecule has 0 atom stereocenters. The molecular weight excluding hydrogens is 120 g/mol. The number of unbranched alkanes of at least 4 members (excludes halogenated alkanes) is 7. The van der Waals surface area contributed by atoms with Crippen molar-refractivity contribution >= 4 is 0 Å². The van der Waals surface area contributed by atoms with Crippen molar-refractivity contribution in [3.63, 3.8) is 0 Å². The predicted molar refractivity (Wildman–Crippen MR) is 47.7 cm³/mol. The van der Waals surface area contributed by atoms with Gasteiger partial charge in [0.25, 0.3) is 0 Å². The third-order valence-electron chi connectivity index (χ3n) is 1.63. The van der Waals surface area contributed by atoms with Gasteiger partial charge in [0, 0.05) is 0 Å². The highest BCUT2D eigenvalue weighted by Gasteiger charge is 1.88. The average molecular weight is 140 g/mol. The monoisotopic (exact) mass is 140 g/mol. The third-order valence-corrected chi connectivity index (χ3v) is 1.63. The van der Waals surface area contributed by atoms with Crippen molar-refractivity contribution in [2.24, 2.45) is 0 Å². The van der Waals surface area contributed by atoms with Crippen LogP contribution in [0.15, 0.2) is 0 Å². The number of rotatable bonds is 7. The molecule has 0 nitrogen and oxygen atoms in total. The zero-order chi connectivity index (χ0) is 7.66. The van der Waals surface area contributed by atoms with Gasteiger partial charge in [-0.25, -0.2) is 0 Å². The molecule has 0 heteroatoms. The van der Waals surface area contributed by atoms with Gasteiger partial charge in [0.05, 0.1) is 0 Å². The lowest BCUT2D eigenvalue weighted by molar-refractivity contribution is 0.734. The van der Waals surface area contributed by atoms with Gasteiger partial charge in [0.1, 0.15) is 0 Å². The van der Waals surface area contributed by atoms with E-state index in [0.717, 1.165) is 0 Å². The van der Waals surface area contributed by atoms with Crippen molar-refractivity contribution in [3.8, 4) is 0 Å². The Morgan fingerprint density at radius 2 is 1.60 bits per heavy atom. The summed E-state index contributed by atoms with van der Waals surface area (Å²) in [4.78, 5) is 0. The molecule has 2 radical (unpaired) electrons. The van der Waals surface area contributed by atoms with Gasteiger partial charge in [0.15, 0.2) is 0 Å². The van der Waals surface area contributed by atoms with Gasteiger partial charge in [0.2, 0.25) is 0 Å². The Balaban J connectivity index is 2.65. The van der Waals surface area contributed by atoms with Crippen molar-refractivity contribution in [2.75, 3.05) is 0 Å². The molecule has 0 aliphatic rings. The van der Waals surface area contributed by atoms with Crippen LogP contribution in [0.2, 0.25) is 0 Å². The number of hydrogen-bond acceptors (Lipinski definition) is 0. The van der Waals surface area contributed by atoms with Crippen LogP contribution in [0, 0.1) is 12.8 Å². The summed E-state index contributed by atoms with van der Waals surface area (Å²) in [5, 5.41) is 0. The SMILES string of the molecule is CC[CH]CC[CH]CCCC. The standard InChI is InChI=1S/C10H20/c1-3-5-7-9-10-8-6-4-2/h5,10H,3-4,6-9H2,1-2H3. The maximum atomic E-state index is 2.41. The molecule has 60 valence electrons. The lowest BCUT2D eigenvalue weighted by atomic mass is 10.1. The van der Waals surface area contributed by atoms with Crippen LogP contribution in [0.1, 0.15) is 52.4 Å². The lowest BCUT2D eigenvalue weighted by Crippen LogP contribution is -1.79. The van der Waals surface area contributed by atoms with Crippen LogP contribution in [-0.4, -0.2) is 0 Å². The predicted octanol–water partition coefficient (Wildman–Crippen LogP) is 3.78. The van der Waals surface area contributed by atoms with Crippen LogP contribution in [0.3, 0.4) is 0 Å². The Morgan fingerprint density at radius 1 is 0.900 bits per heavy atom. The van der Waals surface area contributed by atoms with E-state index in [0.29, 0.717) is 0 Å². The maximum absolute atomic E-state index is 2.41. The zero-order valence-corrected chi connectivity index (χ0v) is 7.40. The molecule has 0 aliphatic carbocycles. The number of hydrogen-bond donors (Lipinski definition) is 0. The highest BCUT2D eigenvalue weighted by molar-refractivity contribution is 4.70. The molecule has 0 rings (SSSR count). The van der Waals surface area contributed by atoms with Gasteiger partial charge in [-0.05, 0) is 25.7 Å². The summed E-state index contributed by atoms with van der Waals surface area (Å²) in [5.41, 5.74) is 0. The fourth-order valence-corrected chi connectivity index (χ4v) is 0.933. The minimum Gasteiger partial charge on any atom is -0.0654 e. The molecular formula is C10H20. The Hall–Kier alpha value is 0. The van der Waals surface area contributed by atoms with E-state index in [4.69, 9.17) is 0 Å². The van der Waals surface area contributed by atoms with Crippen molar-refractivity contribution in [1.29, 1.82) is 0 Å². The third kappa shape index (κ3) is 8.00. The Morgan fingerprint density at radius 3 is 2.20 bits per heavy atom. The molecule has 0 aromatic heterocycles. The highest BCUT2D eigenvalue weighted by atomic mass is 13.9. The van der Waals surface area contributed by atoms with Crippen LogP contribution in [-0.2, 0) is 0 Å². The van der Waals surface area contributed by atoms with Gasteiger partial charge in [-0.2, -0.15) is 0 Å². The maximum Gasteiger partial charge on any atom is -0.0386 e. The first-order valence-electron chi connectivity index (χ1n) is 4.55. The van der Waals surface area contributed by atoms with E-state index in [2.05, 4.69) is 26.7 Å². The molecule has 0 spiro atoms. The second-order valence-corrected chi connectivity index (χ2v) is 2.71. The van der Waals surface area contributed by atoms with Gasteiger partial charge in [-0.15, -0.1) is 0 Å². The molecule has 0 aromatic rings. The molecule has 0 saturated heterocycles. The molecule has 0 amide bonds. The summed E-state index contributed by atoms with van der Waals surface area (Å²) in [6.45, 7) is 4.44. The normalized spacial score (nSPS) is 10.2. The summed E-state index contributed by atoms with van der Waals surface area (Å²) < 4.78 is 0. The van der Waals surface area contributed by atoms with E-state index in [9.17, 15) is 0 Å². The van der Waals surface area contributed by atoms with E-state index >= 15 is 0 Å². The molecule has 0 fully saturated rings. The summed E-state index contributed by atoms with van der Waals surface area (Å²) >= 11 is 0. The van der Waals surface area contributed by atoms with Gasteiger partial charge in [-0.3, -0.25) is 0 Å². The first-order valence-corrected chi connectivity index (χ1v) is 4.55. The Bertz CT molecular complexity index is 40.0. The molecule has 0 saturated carbocycles. The molecule has 0 unspecified atom stereocenters. The van der Waals surface area contributed by atoms with E-state index in [1.54, 1.807) is 0 Å². The van der Waals surface area contributed by atoms with Crippen molar-refractivity contribution < 1.29 is 0 Å². The first kappa shape index (κ1) is 10.0. The van der Waals surface area contributed by atoms with Crippen LogP contribution in [0.4, 0.5) is 0 Å². The summed E-state index contributed by atoms with van der Waals surface area (Å²) in [7, 11) is 0. The summed E-state index contributed by atoms with van der Waals surface area (Å²) in [6.07, 6.45) is 12.6. The first-order chi connectivity index (χ1) is 4.91. The van der Waals surface area contributed by atoms with Crippen molar-refractivity contribution in [2.45, 2.75) is 52.4 Å². The van der Waals surface area contributed by atoms with Crippen LogP contribution < -0.4 is 0 Å². The fourth-order valence-electron chi connectivity index (χ4n) is 0.933.